The lowest BCUT2D eigenvalue weighted by atomic mass is 10.2. The largest absolute Gasteiger partial charge is 0.438 e. The lowest BCUT2D eigenvalue weighted by Gasteiger charge is -2.09. The van der Waals surface area contributed by atoms with Gasteiger partial charge >= 0.3 is 0 Å². The van der Waals surface area contributed by atoms with Crippen molar-refractivity contribution < 1.29 is 9.84 Å². The van der Waals surface area contributed by atoms with Crippen LogP contribution in [0.5, 0.6) is 11.6 Å². The van der Waals surface area contributed by atoms with Crippen molar-refractivity contribution in [1.82, 2.24) is 9.97 Å². The fraction of sp³-hybridized carbons (Fsp3) is 0.286. The Morgan fingerprint density at radius 3 is 2.89 bits per heavy atom. The first-order chi connectivity index (χ1) is 9.26. The molecule has 0 spiro atoms. The van der Waals surface area contributed by atoms with E-state index in [1.165, 1.54) is 6.07 Å². The Morgan fingerprint density at radius 1 is 1.37 bits per heavy atom. The van der Waals surface area contributed by atoms with Crippen molar-refractivity contribution in [1.29, 1.82) is 0 Å². The molecule has 1 fully saturated rings. The number of aliphatic hydroxyl groups excluding tert-OH is 1. The van der Waals surface area contributed by atoms with Gasteiger partial charge < -0.3 is 14.8 Å². The van der Waals surface area contributed by atoms with E-state index in [0.717, 1.165) is 12.8 Å². The van der Waals surface area contributed by atoms with Gasteiger partial charge in [-0.05, 0) is 18.9 Å². The van der Waals surface area contributed by atoms with Crippen LogP contribution < -0.4 is 10.3 Å². The minimum absolute atomic E-state index is 0.116. The molecule has 0 atom stereocenters. The highest BCUT2D eigenvalue weighted by molar-refractivity contribution is 5.35. The second-order valence-electron chi connectivity index (χ2n) is 4.61. The van der Waals surface area contributed by atoms with Crippen LogP contribution in [-0.4, -0.2) is 15.1 Å². The Labute approximate surface area is 109 Å². The Morgan fingerprint density at radius 2 is 2.16 bits per heavy atom. The number of aliphatic hydroxyl groups is 1. The predicted octanol–water partition coefficient (Wildman–Crippen LogP) is 1.93. The third-order valence-electron chi connectivity index (χ3n) is 3.06. The van der Waals surface area contributed by atoms with E-state index < -0.39 is 0 Å². The smallest absolute Gasteiger partial charge is 0.254 e. The van der Waals surface area contributed by atoms with E-state index in [4.69, 9.17) is 4.74 Å². The van der Waals surface area contributed by atoms with Gasteiger partial charge in [0.15, 0.2) is 0 Å². The number of hydrogen-bond acceptors (Lipinski definition) is 4. The zero-order valence-electron chi connectivity index (χ0n) is 10.3. The molecule has 5 nitrogen and oxygen atoms in total. The van der Waals surface area contributed by atoms with E-state index >= 15 is 0 Å². The van der Waals surface area contributed by atoms with Crippen LogP contribution in [0.25, 0.3) is 0 Å². The Balaban J connectivity index is 1.92. The molecule has 0 unspecified atom stereocenters. The van der Waals surface area contributed by atoms with E-state index in [2.05, 4.69) is 9.97 Å². The van der Waals surface area contributed by atoms with Crippen LogP contribution in [0, 0.1) is 0 Å². The van der Waals surface area contributed by atoms with E-state index in [0.29, 0.717) is 23.1 Å². The van der Waals surface area contributed by atoms with Gasteiger partial charge in [-0.25, -0.2) is 0 Å². The summed E-state index contributed by atoms with van der Waals surface area (Å²) in [6.45, 7) is -0.116. The first kappa shape index (κ1) is 11.9. The number of hydrogen-bond donors (Lipinski definition) is 2. The highest BCUT2D eigenvalue weighted by Crippen LogP contribution is 2.38. The van der Waals surface area contributed by atoms with Gasteiger partial charge in [0.05, 0.1) is 12.7 Å². The second-order valence-corrected chi connectivity index (χ2v) is 4.61. The van der Waals surface area contributed by atoms with Crippen molar-refractivity contribution in [3.05, 3.63) is 52.1 Å². The monoisotopic (exact) mass is 258 g/mol. The van der Waals surface area contributed by atoms with Gasteiger partial charge in [-0.15, -0.1) is 0 Å². The summed E-state index contributed by atoms with van der Waals surface area (Å²) in [5.41, 5.74) is 0.450. The molecule has 19 heavy (non-hydrogen) atoms. The number of nitrogens with one attached hydrogen (secondary N) is 1. The first-order valence-electron chi connectivity index (χ1n) is 6.24. The second kappa shape index (κ2) is 4.85. The van der Waals surface area contributed by atoms with Gasteiger partial charge in [-0.3, -0.25) is 4.79 Å². The van der Waals surface area contributed by atoms with Crippen molar-refractivity contribution in [3.63, 3.8) is 0 Å². The molecule has 0 amide bonds. The molecule has 2 aromatic rings. The summed E-state index contributed by atoms with van der Waals surface area (Å²) in [7, 11) is 0. The fourth-order valence-corrected chi connectivity index (χ4v) is 1.90. The normalized spacial score (nSPS) is 14.4. The molecule has 2 N–H and O–H groups in total. The Hall–Kier alpha value is -2.14. The molecular weight excluding hydrogens is 244 g/mol. The minimum atomic E-state index is -0.214. The highest BCUT2D eigenvalue weighted by atomic mass is 16.5. The number of aromatic amines is 1. The number of aromatic nitrogens is 2. The van der Waals surface area contributed by atoms with E-state index in [1.807, 2.05) is 12.1 Å². The molecule has 0 radical (unpaired) electrons. The summed E-state index contributed by atoms with van der Waals surface area (Å²) in [4.78, 5) is 18.6. The van der Waals surface area contributed by atoms with Crippen LogP contribution in [-0.2, 0) is 6.61 Å². The molecule has 0 aliphatic heterocycles. The molecule has 1 aromatic heterocycles. The number of H-pyrrole nitrogens is 1. The summed E-state index contributed by atoms with van der Waals surface area (Å²) >= 11 is 0. The number of benzene rings is 1. The molecule has 0 bridgehead atoms. The van der Waals surface area contributed by atoms with Crippen LogP contribution in [0.1, 0.15) is 30.1 Å². The standard InChI is InChI=1S/C14H14N2O3/c17-8-10-3-1-2-4-11(10)19-13-7-12(18)15-14(16-13)9-5-6-9/h1-4,7,9,17H,5-6,8H2,(H,15,16,18). The summed E-state index contributed by atoms with van der Waals surface area (Å²) in [6.07, 6.45) is 2.11. The van der Waals surface area contributed by atoms with Crippen molar-refractivity contribution in [2.75, 3.05) is 0 Å². The molecule has 0 saturated heterocycles. The van der Waals surface area contributed by atoms with Gasteiger partial charge in [0.2, 0.25) is 5.88 Å². The van der Waals surface area contributed by atoms with E-state index in [-0.39, 0.29) is 18.0 Å². The lowest BCUT2D eigenvalue weighted by Crippen LogP contribution is -2.10. The summed E-state index contributed by atoms with van der Waals surface area (Å²) in [5, 5.41) is 9.24. The number of ether oxygens (including phenoxy) is 1. The van der Waals surface area contributed by atoms with E-state index in [1.54, 1.807) is 12.1 Å². The number of para-hydroxylation sites is 1. The van der Waals surface area contributed by atoms with Crippen LogP contribution in [0.3, 0.4) is 0 Å². The first-order valence-corrected chi connectivity index (χ1v) is 6.24. The quantitative estimate of drug-likeness (QED) is 0.878. The molecule has 1 saturated carbocycles. The zero-order valence-corrected chi connectivity index (χ0v) is 10.3. The lowest BCUT2D eigenvalue weighted by molar-refractivity contribution is 0.276. The maximum absolute atomic E-state index is 11.6. The average Bonchev–Trinajstić information content (AvgIpc) is 3.23. The summed E-state index contributed by atoms with van der Waals surface area (Å²) in [5.74, 6) is 1.82. The van der Waals surface area contributed by atoms with E-state index in [9.17, 15) is 9.90 Å². The van der Waals surface area contributed by atoms with Crippen LogP contribution in [0.15, 0.2) is 35.1 Å². The highest BCUT2D eigenvalue weighted by Gasteiger charge is 2.26. The SMILES string of the molecule is O=c1cc(Oc2ccccc2CO)nc(C2CC2)[nH]1. The molecule has 3 rings (SSSR count). The Bertz CT molecular complexity index is 647. The fourth-order valence-electron chi connectivity index (χ4n) is 1.90. The third-order valence-corrected chi connectivity index (χ3v) is 3.06. The Kier molecular flexibility index (Phi) is 3.05. The molecule has 1 heterocycles. The van der Waals surface area contributed by atoms with Gasteiger partial charge in [-0.2, -0.15) is 4.98 Å². The predicted molar refractivity (Wildman–Crippen MR) is 69.3 cm³/mol. The molecular formula is C14H14N2O3. The number of nitrogens with zero attached hydrogens (tertiary/aromatic N) is 1. The van der Waals surface area contributed by atoms with Crippen LogP contribution >= 0.6 is 0 Å². The van der Waals surface area contributed by atoms with Gasteiger partial charge in [0, 0.05) is 11.5 Å². The average molecular weight is 258 g/mol. The zero-order chi connectivity index (χ0) is 13.2. The van der Waals surface area contributed by atoms with Crippen LogP contribution in [0.4, 0.5) is 0 Å². The maximum Gasteiger partial charge on any atom is 0.254 e. The summed E-state index contributed by atoms with van der Waals surface area (Å²) in [6, 6.07) is 8.46. The molecule has 98 valence electrons. The van der Waals surface area contributed by atoms with Crippen LogP contribution in [0.2, 0.25) is 0 Å². The van der Waals surface area contributed by atoms with Crippen molar-refractivity contribution in [3.8, 4) is 11.6 Å². The van der Waals surface area contributed by atoms with Crippen molar-refractivity contribution >= 4 is 0 Å². The third kappa shape index (κ3) is 2.66. The maximum atomic E-state index is 11.6. The van der Waals surface area contributed by atoms with Crippen molar-refractivity contribution in [2.45, 2.75) is 25.4 Å². The molecule has 1 aliphatic carbocycles. The van der Waals surface area contributed by atoms with Crippen molar-refractivity contribution in [2.24, 2.45) is 0 Å². The van der Waals surface area contributed by atoms with Gasteiger partial charge in [0.25, 0.3) is 5.56 Å². The molecule has 5 heteroatoms. The number of rotatable bonds is 4. The van der Waals surface area contributed by atoms with Gasteiger partial charge in [-0.1, -0.05) is 18.2 Å². The van der Waals surface area contributed by atoms with Gasteiger partial charge in [0.1, 0.15) is 11.6 Å². The summed E-state index contributed by atoms with van der Waals surface area (Å²) < 4.78 is 5.61. The molecule has 1 aromatic carbocycles. The minimum Gasteiger partial charge on any atom is -0.438 e. The topological polar surface area (TPSA) is 75.2 Å². The molecule has 1 aliphatic rings.